The molecule has 1 heterocycles. The lowest BCUT2D eigenvalue weighted by molar-refractivity contribution is 0.595. The molecule has 0 amide bonds. The molecule has 0 aliphatic rings. The van der Waals surface area contributed by atoms with Gasteiger partial charge in [-0.25, -0.2) is 4.39 Å². The van der Waals surface area contributed by atoms with E-state index in [1.54, 1.807) is 12.3 Å². The van der Waals surface area contributed by atoms with Crippen molar-refractivity contribution >= 4 is 31.9 Å². The molecule has 2 rings (SSSR count). The fourth-order valence-electron chi connectivity index (χ4n) is 1.63. The van der Waals surface area contributed by atoms with Gasteiger partial charge in [0.1, 0.15) is 5.82 Å². The van der Waals surface area contributed by atoms with Crippen molar-refractivity contribution < 1.29 is 4.39 Å². The number of benzene rings is 1. The monoisotopic (exact) mass is 384 g/mol. The molecule has 2 aromatic rings. The number of pyridine rings is 1. The van der Waals surface area contributed by atoms with Crippen molar-refractivity contribution in [3.8, 4) is 6.07 Å². The van der Waals surface area contributed by atoms with Crippen molar-refractivity contribution in [2.75, 3.05) is 0 Å². The van der Waals surface area contributed by atoms with E-state index in [2.05, 4.69) is 31.9 Å². The van der Waals surface area contributed by atoms with Crippen LogP contribution in [0.4, 0.5) is 4.39 Å². The number of aromatic nitrogens is 1. The molecule has 19 heavy (non-hydrogen) atoms. The zero-order chi connectivity index (χ0) is 14.0. The first-order chi connectivity index (χ1) is 9.01. The van der Waals surface area contributed by atoms with Crippen molar-refractivity contribution in [3.05, 3.63) is 66.7 Å². The van der Waals surface area contributed by atoms with Gasteiger partial charge in [-0.3, -0.25) is 4.79 Å². The zero-order valence-electron chi connectivity index (χ0n) is 9.53. The molecular formula is C13H7Br2FN2O. The van der Waals surface area contributed by atoms with Crippen molar-refractivity contribution in [2.24, 2.45) is 0 Å². The molecule has 6 heteroatoms. The van der Waals surface area contributed by atoms with E-state index in [-0.39, 0.29) is 12.1 Å². The Bertz CT molecular complexity index is 734. The van der Waals surface area contributed by atoms with Crippen LogP contribution in [0.1, 0.15) is 11.1 Å². The van der Waals surface area contributed by atoms with Gasteiger partial charge < -0.3 is 4.57 Å². The first-order valence-electron chi connectivity index (χ1n) is 5.25. The quantitative estimate of drug-likeness (QED) is 0.794. The minimum absolute atomic E-state index is 0.0677. The summed E-state index contributed by atoms with van der Waals surface area (Å²) < 4.78 is 16.1. The maximum absolute atomic E-state index is 13.7. The molecule has 0 bridgehead atoms. The summed E-state index contributed by atoms with van der Waals surface area (Å²) in [6, 6.07) is 7.64. The van der Waals surface area contributed by atoms with Gasteiger partial charge in [0, 0.05) is 16.2 Å². The Morgan fingerprint density at radius 3 is 2.74 bits per heavy atom. The highest BCUT2D eigenvalue weighted by molar-refractivity contribution is 9.11. The first-order valence-corrected chi connectivity index (χ1v) is 6.84. The van der Waals surface area contributed by atoms with Crippen LogP contribution in [0, 0.1) is 17.1 Å². The molecule has 0 atom stereocenters. The molecule has 0 aliphatic heterocycles. The SMILES string of the molecule is N#Cc1ccc(F)c(Cn2cc(Br)cc(Br)c2=O)c1. The van der Waals surface area contributed by atoms with Gasteiger partial charge in [0.15, 0.2) is 0 Å². The lowest BCUT2D eigenvalue weighted by Gasteiger charge is -2.08. The van der Waals surface area contributed by atoms with Crippen LogP contribution < -0.4 is 5.56 Å². The van der Waals surface area contributed by atoms with Gasteiger partial charge in [-0.2, -0.15) is 5.26 Å². The summed E-state index contributed by atoms with van der Waals surface area (Å²) in [5.74, 6) is -0.443. The van der Waals surface area contributed by atoms with Crippen LogP contribution in [0.15, 0.2) is 44.2 Å². The van der Waals surface area contributed by atoms with Crippen LogP contribution in [0.25, 0.3) is 0 Å². The number of halogens is 3. The highest BCUT2D eigenvalue weighted by Gasteiger charge is 2.08. The second kappa shape index (κ2) is 5.68. The normalized spacial score (nSPS) is 10.2. The molecule has 96 valence electrons. The second-order valence-electron chi connectivity index (χ2n) is 3.86. The largest absolute Gasteiger partial charge is 0.309 e. The van der Waals surface area contributed by atoms with E-state index in [1.807, 2.05) is 6.07 Å². The van der Waals surface area contributed by atoms with Crippen LogP contribution in [-0.2, 0) is 6.54 Å². The summed E-state index contributed by atoms with van der Waals surface area (Å²) in [5, 5.41) is 8.81. The van der Waals surface area contributed by atoms with Gasteiger partial charge in [0.25, 0.3) is 5.56 Å². The third-order valence-electron chi connectivity index (χ3n) is 2.52. The maximum Gasteiger partial charge on any atom is 0.265 e. The lowest BCUT2D eigenvalue weighted by atomic mass is 10.1. The van der Waals surface area contributed by atoms with E-state index in [4.69, 9.17) is 5.26 Å². The summed E-state index contributed by atoms with van der Waals surface area (Å²) >= 11 is 6.42. The van der Waals surface area contributed by atoms with Crippen LogP contribution in [0.2, 0.25) is 0 Å². The summed E-state index contributed by atoms with van der Waals surface area (Å²) in [7, 11) is 0. The Labute approximate surface area is 125 Å². The molecular weight excluding hydrogens is 379 g/mol. The number of hydrogen-bond donors (Lipinski definition) is 0. The molecule has 1 aromatic heterocycles. The van der Waals surface area contributed by atoms with Gasteiger partial charge in [-0.1, -0.05) is 0 Å². The van der Waals surface area contributed by atoms with Gasteiger partial charge in [-0.05, 0) is 56.1 Å². The molecule has 0 unspecified atom stereocenters. The van der Waals surface area contributed by atoms with Crippen molar-refractivity contribution in [2.45, 2.75) is 6.54 Å². The fourth-order valence-corrected chi connectivity index (χ4v) is 2.89. The van der Waals surface area contributed by atoms with Crippen LogP contribution in [0.3, 0.4) is 0 Å². The van der Waals surface area contributed by atoms with Crippen LogP contribution in [-0.4, -0.2) is 4.57 Å². The van der Waals surface area contributed by atoms with E-state index in [9.17, 15) is 9.18 Å². The molecule has 1 aromatic carbocycles. The highest BCUT2D eigenvalue weighted by atomic mass is 79.9. The number of hydrogen-bond acceptors (Lipinski definition) is 2. The Kier molecular flexibility index (Phi) is 4.17. The predicted molar refractivity (Wildman–Crippen MR) is 76.3 cm³/mol. The molecule has 3 nitrogen and oxygen atoms in total. The van der Waals surface area contributed by atoms with Gasteiger partial charge >= 0.3 is 0 Å². The van der Waals surface area contributed by atoms with E-state index >= 15 is 0 Å². The Morgan fingerprint density at radius 1 is 1.32 bits per heavy atom. The predicted octanol–water partition coefficient (Wildman–Crippen LogP) is 3.43. The first kappa shape index (κ1) is 14.0. The molecule has 0 N–H and O–H groups in total. The van der Waals surface area contributed by atoms with Crippen molar-refractivity contribution in [1.29, 1.82) is 5.26 Å². The van der Waals surface area contributed by atoms with E-state index in [0.717, 1.165) is 0 Å². The zero-order valence-corrected chi connectivity index (χ0v) is 12.7. The lowest BCUT2D eigenvalue weighted by Crippen LogP contribution is -2.21. The second-order valence-corrected chi connectivity index (χ2v) is 5.63. The average molecular weight is 386 g/mol. The molecule has 0 spiro atoms. The standard InChI is InChI=1S/C13H7Br2FN2O/c14-10-4-11(15)13(19)18(7-10)6-9-3-8(5-17)1-2-12(9)16/h1-4,7H,6H2. The fraction of sp³-hybridized carbons (Fsp3) is 0.0769. The minimum Gasteiger partial charge on any atom is -0.309 e. The van der Waals surface area contributed by atoms with Gasteiger partial charge in [0.05, 0.1) is 22.7 Å². The van der Waals surface area contributed by atoms with Gasteiger partial charge in [-0.15, -0.1) is 0 Å². The third-order valence-corrected chi connectivity index (χ3v) is 3.53. The van der Waals surface area contributed by atoms with E-state index in [1.165, 1.54) is 22.8 Å². The summed E-state index contributed by atoms with van der Waals surface area (Å²) in [5.41, 5.74) is 0.398. The molecule has 0 aliphatic carbocycles. The summed E-state index contributed by atoms with van der Waals surface area (Å²) in [6.07, 6.45) is 1.57. The topological polar surface area (TPSA) is 45.8 Å². The molecule has 0 saturated heterocycles. The number of nitriles is 1. The van der Waals surface area contributed by atoms with Crippen LogP contribution in [0.5, 0.6) is 0 Å². The molecule has 0 saturated carbocycles. The summed E-state index contributed by atoms with van der Waals surface area (Å²) in [4.78, 5) is 11.9. The Hall–Kier alpha value is -1.45. The van der Waals surface area contributed by atoms with Gasteiger partial charge in [0.2, 0.25) is 0 Å². The van der Waals surface area contributed by atoms with E-state index < -0.39 is 5.82 Å². The Balaban J connectivity index is 2.48. The van der Waals surface area contributed by atoms with Crippen molar-refractivity contribution in [3.63, 3.8) is 0 Å². The molecule has 0 fully saturated rings. The minimum atomic E-state index is -0.443. The number of rotatable bonds is 2. The van der Waals surface area contributed by atoms with E-state index in [0.29, 0.717) is 20.1 Å². The smallest absolute Gasteiger partial charge is 0.265 e. The number of nitrogens with zero attached hydrogens (tertiary/aromatic N) is 2. The highest BCUT2D eigenvalue weighted by Crippen LogP contribution is 2.15. The Morgan fingerprint density at radius 2 is 2.05 bits per heavy atom. The summed E-state index contributed by atoms with van der Waals surface area (Å²) in [6.45, 7) is 0.0677. The maximum atomic E-state index is 13.7. The third kappa shape index (κ3) is 3.11. The van der Waals surface area contributed by atoms with Crippen molar-refractivity contribution in [1.82, 2.24) is 4.57 Å². The van der Waals surface area contributed by atoms with Crippen LogP contribution >= 0.6 is 31.9 Å². The average Bonchev–Trinajstić information content (AvgIpc) is 2.38. The molecule has 0 radical (unpaired) electrons.